The highest BCUT2D eigenvalue weighted by atomic mass is 127. The molecule has 4 bridgehead atoms. The summed E-state index contributed by atoms with van der Waals surface area (Å²) < 4.78 is 0.815. The summed E-state index contributed by atoms with van der Waals surface area (Å²) >= 11 is 6.43. The first kappa shape index (κ1) is 41.6. The van der Waals surface area contributed by atoms with Gasteiger partial charge in [0.1, 0.15) is 0 Å². The second-order valence-electron chi connectivity index (χ2n) is 22.6. The van der Waals surface area contributed by atoms with Crippen molar-refractivity contribution in [2.24, 2.45) is 81.2 Å². The molecule has 7 aliphatic carbocycles. The molecule has 0 spiro atoms. The molecule has 7 rings (SSSR count). The fourth-order valence-electron chi connectivity index (χ4n) is 16.6. The van der Waals surface area contributed by atoms with Crippen LogP contribution in [0.25, 0.3) is 0 Å². The second kappa shape index (κ2) is 15.9. The van der Waals surface area contributed by atoms with E-state index in [0.717, 1.165) is 59.2 Å². The van der Waals surface area contributed by atoms with Gasteiger partial charge in [0.2, 0.25) is 0 Å². The van der Waals surface area contributed by atoms with Gasteiger partial charge in [-0.15, -0.1) is 0 Å². The van der Waals surface area contributed by atoms with Crippen molar-refractivity contribution in [1.82, 2.24) is 0 Å². The van der Waals surface area contributed by atoms with Gasteiger partial charge in [0, 0.05) is 12.4 Å². The predicted octanol–water partition coefficient (Wildman–Crippen LogP) is 15.5. The molecule has 16 atom stereocenters. The molecule has 52 heavy (non-hydrogen) atoms. The van der Waals surface area contributed by atoms with E-state index in [4.69, 9.17) is 5.73 Å². The lowest BCUT2D eigenvalue weighted by molar-refractivity contribution is -0.226. The van der Waals surface area contributed by atoms with Crippen molar-refractivity contribution in [2.75, 3.05) is 0 Å². The number of unbranched alkanes of at least 4 members (excludes halogenated alkanes) is 1. The summed E-state index contributed by atoms with van der Waals surface area (Å²) in [5.41, 5.74) is 9.27. The van der Waals surface area contributed by atoms with Gasteiger partial charge >= 0.3 is 0 Å². The highest BCUT2D eigenvalue weighted by Crippen LogP contribution is 2.77. The lowest BCUT2D eigenvalue weighted by atomic mass is 9.32. The average molecular weight is 942 g/mol. The number of fused-ring (bicyclic) bond motifs is 8. The van der Waals surface area contributed by atoms with E-state index >= 15 is 0 Å². The monoisotopic (exact) mass is 941 g/mol. The first-order valence-corrected chi connectivity index (χ1v) is 26.0. The molecule has 7 saturated carbocycles. The summed E-state index contributed by atoms with van der Waals surface area (Å²) in [7, 11) is 0. The van der Waals surface area contributed by atoms with Gasteiger partial charge < -0.3 is 5.73 Å². The Morgan fingerprint density at radius 2 is 1.50 bits per heavy atom. The zero-order valence-electron chi connectivity index (χ0n) is 35.5. The molecule has 0 amide bonds. The molecular weight excluding hydrogens is 856 g/mol. The fraction of sp³-hybridized carbons (Fsp3) is 1.00. The number of halogens is 2. The Hall–Kier alpha value is 1.42. The van der Waals surface area contributed by atoms with Crippen LogP contribution in [0, 0.1) is 75.4 Å². The molecule has 1 nitrogen and oxygen atoms in total. The van der Waals surface area contributed by atoms with Crippen LogP contribution in [0.1, 0.15) is 215 Å². The molecule has 0 radical (unpaired) electrons. The third-order valence-electron chi connectivity index (χ3n) is 19.9. The van der Waals surface area contributed by atoms with Crippen molar-refractivity contribution in [1.29, 1.82) is 0 Å². The number of nitrogens with two attached hydrogens (primary N) is 1. The summed E-state index contributed by atoms with van der Waals surface area (Å²) in [5.74, 6) is 8.90. The van der Waals surface area contributed by atoms with Crippen LogP contribution in [-0.2, 0) is 0 Å². The van der Waals surface area contributed by atoms with Crippen molar-refractivity contribution in [3.05, 3.63) is 0 Å². The van der Waals surface area contributed by atoms with Gasteiger partial charge in [-0.25, -0.2) is 0 Å². The highest BCUT2D eigenvalue weighted by Gasteiger charge is 2.71. The van der Waals surface area contributed by atoms with E-state index in [0.29, 0.717) is 23.1 Å². The molecule has 0 aromatic heterocycles. The molecule has 15 unspecified atom stereocenters. The Morgan fingerprint density at radius 1 is 0.712 bits per heavy atom. The summed E-state index contributed by atoms with van der Waals surface area (Å²) in [6.45, 7) is 18.6. The van der Waals surface area contributed by atoms with Gasteiger partial charge in [-0.3, -0.25) is 0 Å². The normalized spacial score (nSPS) is 53.3. The molecule has 7 aliphatic rings. The summed E-state index contributed by atoms with van der Waals surface area (Å²) in [5, 5.41) is 0. The number of rotatable bonds is 7. The van der Waals surface area contributed by atoms with Crippen LogP contribution in [0.3, 0.4) is 0 Å². The van der Waals surface area contributed by atoms with Crippen molar-refractivity contribution in [3.63, 3.8) is 0 Å². The summed E-state index contributed by atoms with van der Waals surface area (Å²) in [6.07, 6.45) is 38.1. The zero-order valence-corrected chi connectivity index (χ0v) is 39.8. The van der Waals surface area contributed by atoms with Gasteiger partial charge in [-0.1, -0.05) is 164 Å². The first-order valence-electron chi connectivity index (χ1n) is 23.9. The molecule has 0 aromatic carbocycles. The number of alkyl halides is 2. The van der Waals surface area contributed by atoms with Crippen molar-refractivity contribution in [2.45, 2.75) is 228 Å². The molecule has 0 aromatic rings. The smallest absolute Gasteiger partial charge is 0.0424 e. The molecule has 300 valence electrons. The van der Waals surface area contributed by atoms with Crippen LogP contribution < -0.4 is 5.73 Å². The van der Waals surface area contributed by atoms with Crippen LogP contribution in [-0.4, -0.2) is 12.4 Å². The fourth-order valence-corrected chi connectivity index (χ4v) is 20.3. The van der Waals surface area contributed by atoms with Crippen LogP contribution in [0.2, 0.25) is 0 Å². The predicted molar refractivity (Wildman–Crippen MR) is 242 cm³/mol. The molecule has 0 saturated heterocycles. The molecule has 0 heterocycles. The minimum atomic E-state index is 0.107. The summed E-state index contributed by atoms with van der Waals surface area (Å²) in [6, 6.07) is 0. The summed E-state index contributed by atoms with van der Waals surface area (Å²) in [4.78, 5) is 0. The molecule has 0 aliphatic heterocycles. The standard InChI is InChI=1S/C49H85I2N/c1-8-11-13-37-16-18-39-15-12-14-38(28-37)17-19-41(48-27-26-44(48,6)24-21-36(10-3)30-46(52)25-22-42(46)48)33-45(7)23-20-34(4)29-47(50)31-40(32-49(45,47)51)43(39)35(5)9-2/h34-43H,8-33,52H2,1-7H3/t34?,35?,36-,37?,38?,39?,40?,41?,42?,43?,44?,45?,46?,47?,48?,49?/m0/s1. The van der Waals surface area contributed by atoms with E-state index in [-0.39, 0.29) is 5.54 Å². The van der Waals surface area contributed by atoms with Gasteiger partial charge in [-0.05, 0) is 172 Å². The van der Waals surface area contributed by atoms with E-state index in [1.807, 2.05) is 0 Å². The second-order valence-corrected chi connectivity index (χ2v) is 26.5. The van der Waals surface area contributed by atoms with Crippen molar-refractivity contribution in [3.8, 4) is 0 Å². The third kappa shape index (κ3) is 7.02. The van der Waals surface area contributed by atoms with Crippen LogP contribution >= 0.6 is 45.2 Å². The van der Waals surface area contributed by atoms with Gasteiger partial charge in [0.25, 0.3) is 0 Å². The third-order valence-corrected chi connectivity index (χ3v) is 25.5. The zero-order chi connectivity index (χ0) is 37.2. The topological polar surface area (TPSA) is 26.0 Å². The maximum Gasteiger partial charge on any atom is 0.0424 e. The van der Waals surface area contributed by atoms with Crippen molar-refractivity contribution >= 4 is 45.2 Å². The van der Waals surface area contributed by atoms with E-state index in [1.54, 1.807) is 6.42 Å². The highest BCUT2D eigenvalue weighted by molar-refractivity contribution is 14.1. The Balaban J connectivity index is 1.35. The van der Waals surface area contributed by atoms with Crippen LogP contribution in [0.4, 0.5) is 0 Å². The van der Waals surface area contributed by atoms with Crippen molar-refractivity contribution < 1.29 is 0 Å². The lowest BCUT2D eigenvalue weighted by Gasteiger charge is -2.73. The van der Waals surface area contributed by atoms with E-state index < -0.39 is 0 Å². The van der Waals surface area contributed by atoms with Gasteiger partial charge in [0.05, 0.1) is 0 Å². The number of hydrogen-bond acceptors (Lipinski definition) is 1. The van der Waals surface area contributed by atoms with E-state index in [2.05, 4.69) is 93.6 Å². The molecule has 7 fully saturated rings. The maximum absolute atomic E-state index is 7.79. The van der Waals surface area contributed by atoms with E-state index in [9.17, 15) is 0 Å². The first-order chi connectivity index (χ1) is 24.7. The lowest BCUT2D eigenvalue weighted by Crippen LogP contribution is -2.71. The average Bonchev–Trinajstić information content (AvgIpc) is 3.39. The Bertz CT molecular complexity index is 1220. The molecule has 2 N–H and O–H groups in total. The molecular formula is C49H85I2N. The van der Waals surface area contributed by atoms with Gasteiger partial charge in [0.15, 0.2) is 0 Å². The Morgan fingerprint density at radius 3 is 2.17 bits per heavy atom. The SMILES string of the molecule is CCCCC1CCC2CCCC(CCC(C34CCC3(C)CC[C@H](CC)CC3(N)CCC34)CC3(C)CCC(C)CC4(I)CC(CC34I)C2C(C)CC)C1. The van der Waals surface area contributed by atoms with E-state index in [1.165, 1.54) is 161 Å². The molecule has 3 heteroatoms. The Labute approximate surface area is 351 Å². The van der Waals surface area contributed by atoms with Crippen LogP contribution in [0.15, 0.2) is 0 Å². The van der Waals surface area contributed by atoms with Gasteiger partial charge in [-0.2, -0.15) is 0 Å². The number of hydrogen-bond donors (Lipinski definition) is 1. The quantitative estimate of drug-likeness (QED) is 0.200. The minimum absolute atomic E-state index is 0.107. The maximum atomic E-state index is 7.79. The Kier molecular flexibility index (Phi) is 12.7. The largest absolute Gasteiger partial charge is 0.325 e. The minimum Gasteiger partial charge on any atom is -0.325 e. The van der Waals surface area contributed by atoms with Crippen LogP contribution in [0.5, 0.6) is 0 Å².